The number of nitrogens with zero attached hydrogens (tertiary/aromatic N) is 1. The van der Waals surface area contributed by atoms with E-state index in [2.05, 4.69) is 49.3 Å². The van der Waals surface area contributed by atoms with Gasteiger partial charge in [0.1, 0.15) is 5.75 Å². The molecular weight excluding hydrogens is 418 g/mol. The lowest BCUT2D eigenvalue weighted by atomic mass is 10.0. The minimum absolute atomic E-state index is 0.0429. The monoisotopic (exact) mass is 461 g/mol. The Morgan fingerprint density at radius 1 is 1.18 bits per heavy atom. The van der Waals surface area contributed by atoms with Crippen molar-refractivity contribution >= 4 is 11.8 Å². The molecule has 7 nitrogen and oxygen atoms in total. The number of nitrogens with one attached hydrogen (secondary N) is 2. The van der Waals surface area contributed by atoms with Gasteiger partial charge in [0.05, 0.1) is 25.8 Å². The van der Waals surface area contributed by atoms with Gasteiger partial charge in [0, 0.05) is 31.1 Å². The summed E-state index contributed by atoms with van der Waals surface area (Å²) < 4.78 is 6.10. The second-order valence-corrected chi connectivity index (χ2v) is 9.78. The van der Waals surface area contributed by atoms with E-state index in [9.17, 15) is 14.7 Å². The topological polar surface area (TPSA) is 90.9 Å². The molecule has 2 amide bonds. The van der Waals surface area contributed by atoms with Gasteiger partial charge in [-0.2, -0.15) is 0 Å². The van der Waals surface area contributed by atoms with Crippen LogP contribution in [-0.4, -0.2) is 60.2 Å². The van der Waals surface area contributed by atoms with Crippen LogP contribution in [0.4, 0.5) is 0 Å². The zero-order valence-electron chi connectivity index (χ0n) is 20.9. The van der Waals surface area contributed by atoms with Crippen LogP contribution in [0.5, 0.6) is 5.75 Å². The molecule has 2 rings (SSSR count). The molecule has 1 aliphatic rings. The highest BCUT2D eigenvalue weighted by atomic mass is 16.5. The number of benzene rings is 1. The first-order valence-corrected chi connectivity index (χ1v) is 12.4. The van der Waals surface area contributed by atoms with Gasteiger partial charge in [0.2, 0.25) is 11.8 Å². The lowest BCUT2D eigenvalue weighted by Crippen LogP contribution is -2.40. The van der Waals surface area contributed by atoms with Crippen LogP contribution in [0.1, 0.15) is 70.9 Å². The summed E-state index contributed by atoms with van der Waals surface area (Å²) in [6.45, 7) is 10.6. The maximum Gasteiger partial charge on any atom is 0.234 e. The second-order valence-electron chi connectivity index (χ2n) is 9.78. The summed E-state index contributed by atoms with van der Waals surface area (Å²) in [6.07, 6.45) is 4.66. The Balaban J connectivity index is 2.10. The van der Waals surface area contributed by atoms with Gasteiger partial charge in [-0.25, -0.2) is 0 Å². The molecule has 1 heterocycles. The third-order valence-electron chi connectivity index (χ3n) is 5.96. The predicted octanol–water partition coefficient (Wildman–Crippen LogP) is 3.03. The van der Waals surface area contributed by atoms with Crippen molar-refractivity contribution in [3.8, 4) is 5.75 Å². The van der Waals surface area contributed by atoms with Crippen LogP contribution in [-0.2, 0) is 22.6 Å². The molecule has 1 aliphatic heterocycles. The Labute approximate surface area is 199 Å². The van der Waals surface area contributed by atoms with Crippen LogP contribution in [0.3, 0.4) is 0 Å². The molecule has 0 spiro atoms. The molecule has 186 valence electrons. The first kappa shape index (κ1) is 27.1. The summed E-state index contributed by atoms with van der Waals surface area (Å²) in [5.41, 5.74) is 2.11. The molecule has 0 saturated carbocycles. The minimum atomic E-state index is -0.197. The number of aliphatic hydroxyl groups excluding tert-OH is 1. The Morgan fingerprint density at radius 3 is 2.67 bits per heavy atom. The molecule has 0 aliphatic carbocycles. The second kappa shape index (κ2) is 14.2. The fourth-order valence-corrected chi connectivity index (χ4v) is 4.05. The summed E-state index contributed by atoms with van der Waals surface area (Å²) in [5.74, 6) is 1.27. The molecule has 1 atom stereocenters. The largest absolute Gasteiger partial charge is 0.493 e. The van der Waals surface area contributed by atoms with Gasteiger partial charge in [-0.1, -0.05) is 26.0 Å². The molecule has 0 bridgehead atoms. The third-order valence-corrected chi connectivity index (χ3v) is 5.96. The van der Waals surface area contributed by atoms with Crippen molar-refractivity contribution in [1.29, 1.82) is 0 Å². The zero-order valence-corrected chi connectivity index (χ0v) is 20.9. The van der Waals surface area contributed by atoms with Crippen LogP contribution in [0.2, 0.25) is 0 Å². The number of carbonyl (C=O) groups is 2. The summed E-state index contributed by atoms with van der Waals surface area (Å²) in [7, 11) is 0. The van der Waals surface area contributed by atoms with E-state index in [0.29, 0.717) is 45.0 Å². The first-order valence-electron chi connectivity index (χ1n) is 12.4. The SMILES string of the molecule is CC(C)C[C@@H](CO)NC(=O)CCc1ccc2c(c1)CN(C(C)C)CC(=O)NCCCCCO2. The van der Waals surface area contributed by atoms with E-state index in [4.69, 9.17) is 4.74 Å². The number of hydrogen-bond donors (Lipinski definition) is 3. The highest BCUT2D eigenvalue weighted by molar-refractivity contribution is 5.78. The van der Waals surface area contributed by atoms with Crippen LogP contribution >= 0.6 is 0 Å². The number of ether oxygens (including phenoxy) is 1. The van der Waals surface area contributed by atoms with E-state index in [-0.39, 0.29) is 30.5 Å². The lowest BCUT2D eigenvalue weighted by Gasteiger charge is -2.27. The Hall–Kier alpha value is -2.12. The van der Waals surface area contributed by atoms with Gasteiger partial charge < -0.3 is 20.5 Å². The smallest absolute Gasteiger partial charge is 0.234 e. The molecule has 0 radical (unpaired) electrons. The van der Waals surface area contributed by atoms with E-state index < -0.39 is 0 Å². The molecule has 1 aromatic carbocycles. The summed E-state index contributed by atoms with van der Waals surface area (Å²) >= 11 is 0. The number of carbonyl (C=O) groups excluding carboxylic acids is 2. The summed E-state index contributed by atoms with van der Waals surface area (Å²) in [5, 5.41) is 15.5. The van der Waals surface area contributed by atoms with E-state index in [1.54, 1.807) is 0 Å². The molecule has 1 aromatic rings. The number of rotatable bonds is 8. The van der Waals surface area contributed by atoms with Crippen molar-refractivity contribution < 1.29 is 19.4 Å². The number of aryl methyl sites for hydroxylation is 1. The van der Waals surface area contributed by atoms with Crippen LogP contribution in [0, 0.1) is 5.92 Å². The van der Waals surface area contributed by atoms with Crippen molar-refractivity contribution in [2.45, 2.75) is 84.8 Å². The molecule has 7 heteroatoms. The quantitative estimate of drug-likeness (QED) is 0.554. The van der Waals surface area contributed by atoms with E-state index in [1.807, 2.05) is 12.1 Å². The van der Waals surface area contributed by atoms with Gasteiger partial charge in [-0.3, -0.25) is 14.5 Å². The average molecular weight is 462 g/mol. The average Bonchev–Trinajstić information content (AvgIpc) is 2.77. The zero-order chi connectivity index (χ0) is 24.2. The maximum atomic E-state index is 12.4. The molecule has 0 unspecified atom stereocenters. The number of hydrogen-bond acceptors (Lipinski definition) is 5. The molecule has 3 N–H and O–H groups in total. The van der Waals surface area contributed by atoms with Crippen molar-refractivity contribution in [2.75, 3.05) is 26.3 Å². The minimum Gasteiger partial charge on any atom is -0.493 e. The lowest BCUT2D eigenvalue weighted by molar-refractivity contribution is -0.123. The maximum absolute atomic E-state index is 12.4. The predicted molar refractivity (Wildman–Crippen MR) is 131 cm³/mol. The Morgan fingerprint density at radius 2 is 1.97 bits per heavy atom. The number of aliphatic hydroxyl groups is 1. The first-order chi connectivity index (χ1) is 15.8. The van der Waals surface area contributed by atoms with Crippen LogP contribution in [0.15, 0.2) is 18.2 Å². The van der Waals surface area contributed by atoms with Gasteiger partial charge >= 0.3 is 0 Å². The van der Waals surface area contributed by atoms with E-state index in [0.717, 1.165) is 42.6 Å². The molecule has 0 saturated heterocycles. The van der Waals surface area contributed by atoms with Gasteiger partial charge in [0.15, 0.2) is 0 Å². The molecular formula is C26H43N3O4. The van der Waals surface area contributed by atoms with E-state index >= 15 is 0 Å². The molecule has 0 aromatic heterocycles. The number of amides is 2. The third kappa shape index (κ3) is 10.1. The van der Waals surface area contributed by atoms with Gasteiger partial charge in [-0.05, 0) is 63.5 Å². The molecule has 33 heavy (non-hydrogen) atoms. The van der Waals surface area contributed by atoms with Crippen molar-refractivity contribution in [3.05, 3.63) is 29.3 Å². The fourth-order valence-electron chi connectivity index (χ4n) is 4.05. The van der Waals surface area contributed by atoms with Crippen molar-refractivity contribution in [1.82, 2.24) is 15.5 Å². The van der Waals surface area contributed by atoms with Crippen LogP contribution in [0.25, 0.3) is 0 Å². The normalized spacial score (nSPS) is 17.2. The highest BCUT2D eigenvalue weighted by Gasteiger charge is 2.18. The Kier molecular flexibility index (Phi) is 11.7. The van der Waals surface area contributed by atoms with Crippen molar-refractivity contribution in [2.24, 2.45) is 5.92 Å². The standard InChI is InChI=1S/C26H43N3O4/c1-19(2)14-23(18-30)28-25(31)11-9-21-8-10-24-22(15-21)16-29(20(3)4)17-26(32)27-12-6-5-7-13-33-24/h8,10,15,19-20,23,30H,5-7,9,11-14,16-18H2,1-4H3,(H,27,32)(H,28,31)/t23-/m0/s1. The van der Waals surface area contributed by atoms with Crippen LogP contribution < -0.4 is 15.4 Å². The highest BCUT2D eigenvalue weighted by Crippen LogP contribution is 2.24. The fraction of sp³-hybridized carbons (Fsp3) is 0.692. The number of fused-ring (bicyclic) bond motifs is 1. The summed E-state index contributed by atoms with van der Waals surface area (Å²) in [6, 6.07) is 6.13. The molecule has 0 fully saturated rings. The summed E-state index contributed by atoms with van der Waals surface area (Å²) in [4.78, 5) is 27.0. The van der Waals surface area contributed by atoms with E-state index in [1.165, 1.54) is 0 Å². The van der Waals surface area contributed by atoms with Gasteiger partial charge in [-0.15, -0.1) is 0 Å². The Bertz CT molecular complexity index is 751. The van der Waals surface area contributed by atoms with Gasteiger partial charge in [0.25, 0.3) is 0 Å². The van der Waals surface area contributed by atoms with Crippen molar-refractivity contribution in [3.63, 3.8) is 0 Å².